The van der Waals surface area contributed by atoms with Crippen molar-refractivity contribution in [2.45, 2.75) is 44.6 Å². The number of nitrogens with zero attached hydrogens (tertiary/aromatic N) is 1. The van der Waals surface area contributed by atoms with E-state index in [0.29, 0.717) is 17.3 Å². The highest BCUT2D eigenvalue weighted by Crippen LogP contribution is 2.31. The highest BCUT2D eigenvalue weighted by atomic mass is 16.6. The lowest BCUT2D eigenvalue weighted by Gasteiger charge is -2.25. The highest BCUT2D eigenvalue weighted by molar-refractivity contribution is 5.94. The van der Waals surface area contributed by atoms with Gasteiger partial charge in [-0.1, -0.05) is 44.2 Å². The van der Waals surface area contributed by atoms with Crippen molar-refractivity contribution in [1.29, 1.82) is 0 Å². The van der Waals surface area contributed by atoms with Gasteiger partial charge in [0.1, 0.15) is 6.61 Å². The molecule has 2 N–H and O–H groups in total. The van der Waals surface area contributed by atoms with Gasteiger partial charge >= 0.3 is 0 Å². The Morgan fingerprint density at radius 1 is 1.20 bits per heavy atom. The predicted octanol–water partition coefficient (Wildman–Crippen LogP) is 3.31. The Morgan fingerprint density at radius 2 is 2.00 bits per heavy atom. The summed E-state index contributed by atoms with van der Waals surface area (Å²) in [6, 6.07) is 9.28. The molecule has 1 aromatic carbocycles. The summed E-state index contributed by atoms with van der Waals surface area (Å²) in [5.74, 6) is 2.28. The third-order valence-corrected chi connectivity index (χ3v) is 4.92. The molecule has 6 nitrogen and oxygen atoms in total. The molecule has 2 aromatic rings. The van der Waals surface area contributed by atoms with Crippen molar-refractivity contribution in [2.75, 3.05) is 11.9 Å². The number of ether oxygens (including phenoxy) is 2. The van der Waals surface area contributed by atoms with Crippen LogP contribution in [0.3, 0.4) is 0 Å². The summed E-state index contributed by atoms with van der Waals surface area (Å²) in [6.07, 6.45) is 6.90. The van der Waals surface area contributed by atoms with E-state index in [0.717, 1.165) is 18.0 Å². The number of para-hydroxylation sites is 2. The van der Waals surface area contributed by atoms with Crippen LogP contribution in [0.5, 0.6) is 11.5 Å². The number of carbonyl (C=O) groups is 1. The minimum atomic E-state index is -0.673. The van der Waals surface area contributed by atoms with Crippen LogP contribution in [0.2, 0.25) is 0 Å². The van der Waals surface area contributed by atoms with Crippen molar-refractivity contribution in [3.63, 3.8) is 0 Å². The van der Waals surface area contributed by atoms with Gasteiger partial charge in [0.25, 0.3) is 5.91 Å². The number of rotatable bonds is 4. The van der Waals surface area contributed by atoms with E-state index in [1.54, 1.807) is 6.07 Å². The molecular formula is C19H23N3O3. The first-order valence-electron chi connectivity index (χ1n) is 9.01. The summed E-state index contributed by atoms with van der Waals surface area (Å²) in [5.41, 5.74) is 1.08. The van der Waals surface area contributed by atoms with Crippen LogP contribution in [-0.2, 0) is 11.2 Å². The number of anilines is 1. The van der Waals surface area contributed by atoms with Gasteiger partial charge in [0.15, 0.2) is 17.3 Å². The minimum Gasteiger partial charge on any atom is -0.485 e. The standard InChI is InChI=1S/C19H23N3O3/c23-19(17-12-24-15-8-4-5-9-16(15)25-17)20-18-11-14(21-22-18)10-13-6-2-1-3-7-13/h4-5,8-9,11,13,17H,1-3,6-7,10,12H2,(H2,20,21,22,23). The molecule has 1 amide bonds. The molecule has 25 heavy (non-hydrogen) atoms. The van der Waals surface area contributed by atoms with Crippen molar-refractivity contribution >= 4 is 11.7 Å². The van der Waals surface area contributed by atoms with Gasteiger partial charge in [-0.15, -0.1) is 0 Å². The summed E-state index contributed by atoms with van der Waals surface area (Å²) >= 11 is 0. The SMILES string of the molecule is O=C(Nc1cc(CC2CCCCC2)[nH]n1)C1COc2ccccc2O1. The van der Waals surface area contributed by atoms with Gasteiger partial charge in [0, 0.05) is 11.8 Å². The molecule has 1 aliphatic carbocycles. The maximum absolute atomic E-state index is 12.4. The Labute approximate surface area is 146 Å². The van der Waals surface area contributed by atoms with Gasteiger partial charge in [0.2, 0.25) is 6.10 Å². The first kappa shape index (κ1) is 16.0. The Morgan fingerprint density at radius 3 is 2.84 bits per heavy atom. The molecule has 1 saturated carbocycles. The lowest BCUT2D eigenvalue weighted by atomic mass is 9.86. The molecule has 1 atom stereocenters. The number of H-pyrrole nitrogens is 1. The van der Waals surface area contributed by atoms with Crippen LogP contribution in [0.1, 0.15) is 37.8 Å². The molecule has 0 saturated heterocycles. The van der Waals surface area contributed by atoms with Gasteiger partial charge in [-0.2, -0.15) is 5.10 Å². The monoisotopic (exact) mass is 341 g/mol. The normalized spacial score (nSPS) is 20.2. The van der Waals surface area contributed by atoms with Crippen molar-refractivity contribution in [3.05, 3.63) is 36.0 Å². The maximum Gasteiger partial charge on any atom is 0.270 e. The number of aromatic amines is 1. The molecule has 2 aliphatic rings. The highest BCUT2D eigenvalue weighted by Gasteiger charge is 2.27. The maximum atomic E-state index is 12.4. The number of hydrogen-bond acceptors (Lipinski definition) is 4. The third kappa shape index (κ3) is 3.78. The number of nitrogens with one attached hydrogen (secondary N) is 2. The second-order valence-corrected chi connectivity index (χ2v) is 6.84. The summed E-state index contributed by atoms with van der Waals surface area (Å²) in [6.45, 7) is 0.197. The van der Waals surface area contributed by atoms with E-state index in [2.05, 4.69) is 15.5 Å². The quantitative estimate of drug-likeness (QED) is 0.894. The van der Waals surface area contributed by atoms with Gasteiger partial charge in [0.05, 0.1) is 0 Å². The second kappa shape index (κ2) is 7.17. The average Bonchev–Trinajstić information content (AvgIpc) is 3.09. The number of benzene rings is 1. The summed E-state index contributed by atoms with van der Waals surface area (Å²) in [7, 11) is 0. The van der Waals surface area contributed by atoms with Crippen LogP contribution < -0.4 is 14.8 Å². The van der Waals surface area contributed by atoms with Crippen LogP contribution >= 0.6 is 0 Å². The van der Waals surface area contributed by atoms with Crippen LogP contribution in [0.15, 0.2) is 30.3 Å². The summed E-state index contributed by atoms with van der Waals surface area (Å²) in [5, 5.41) is 10.1. The van der Waals surface area contributed by atoms with Crippen LogP contribution in [0.25, 0.3) is 0 Å². The predicted molar refractivity (Wildman–Crippen MR) is 93.8 cm³/mol. The number of carbonyl (C=O) groups excluding carboxylic acids is 1. The van der Waals surface area contributed by atoms with E-state index >= 15 is 0 Å². The Balaban J connectivity index is 1.34. The topological polar surface area (TPSA) is 76.2 Å². The molecule has 0 radical (unpaired) electrons. The zero-order valence-corrected chi connectivity index (χ0v) is 14.2. The largest absolute Gasteiger partial charge is 0.485 e. The van der Waals surface area contributed by atoms with Crippen LogP contribution in [0.4, 0.5) is 5.82 Å². The summed E-state index contributed by atoms with van der Waals surface area (Å²) < 4.78 is 11.3. The first-order valence-corrected chi connectivity index (χ1v) is 9.01. The summed E-state index contributed by atoms with van der Waals surface area (Å²) in [4.78, 5) is 12.4. The molecule has 4 rings (SSSR count). The molecule has 1 aromatic heterocycles. The lowest BCUT2D eigenvalue weighted by molar-refractivity contribution is -0.125. The molecule has 6 heteroatoms. The van der Waals surface area contributed by atoms with Crippen molar-refractivity contribution < 1.29 is 14.3 Å². The Kier molecular flexibility index (Phi) is 4.59. The second-order valence-electron chi connectivity index (χ2n) is 6.84. The van der Waals surface area contributed by atoms with E-state index < -0.39 is 6.10 Å². The molecule has 0 bridgehead atoms. The van der Waals surface area contributed by atoms with E-state index in [1.807, 2.05) is 24.3 Å². The molecule has 1 aliphatic heterocycles. The molecule has 1 unspecified atom stereocenters. The third-order valence-electron chi connectivity index (χ3n) is 4.92. The fourth-order valence-electron chi connectivity index (χ4n) is 3.59. The zero-order chi connectivity index (χ0) is 17.1. The van der Waals surface area contributed by atoms with Crippen molar-refractivity contribution in [2.24, 2.45) is 5.92 Å². The van der Waals surface area contributed by atoms with Crippen molar-refractivity contribution in [3.8, 4) is 11.5 Å². The number of aromatic nitrogens is 2. The van der Waals surface area contributed by atoms with E-state index in [1.165, 1.54) is 32.1 Å². The average molecular weight is 341 g/mol. The van der Waals surface area contributed by atoms with Gasteiger partial charge < -0.3 is 14.8 Å². The molecule has 132 valence electrons. The fourth-order valence-corrected chi connectivity index (χ4v) is 3.59. The van der Waals surface area contributed by atoms with Gasteiger partial charge in [-0.25, -0.2) is 0 Å². The number of amides is 1. The lowest BCUT2D eigenvalue weighted by Crippen LogP contribution is -2.40. The first-order chi connectivity index (χ1) is 12.3. The van der Waals surface area contributed by atoms with E-state index in [4.69, 9.17) is 9.47 Å². The molecule has 0 spiro atoms. The molecule has 1 fully saturated rings. The van der Waals surface area contributed by atoms with E-state index in [-0.39, 0.29) is 12.5 Å². The van der Waals surface area contributed by atoms with Crippen LogP contribution in [-0.4, -0.2) is 28.8 Å². The minimum absolute atomic E-state index is 0.197. The fraction of sp³-hybridized carbons (Fsp3) is 0.474. The molecule has 2 heterocycles. The van der Waals surface area contributed by atoms with Crippen LogP contribution in [0, 0.1) is 5.92 Å². The zero-order valence-electron chi connectivity index (χ0n) is 14.2. The number of fused-ring (bicyclic) bond motifs is 1. The van der Waals surface area contributed by atoms with Crippen molar-refractivity contribution in [1.82, 2.24) is 10.2 Å². The van der Waals surface area contributed by atoms with E-state index in [9.17, 15) is 4.79 Å². The Bertz CT molecular complexity index is 737. The van der Waals surface area contributed by atoms with Gasteiger partial charge in [-0.05, 0) is 24.5 Å². The smallest absolute Gasteiger partial charge is 0.270 e. The Hall–Kier alpha value is -2.50. The molecular weight excluding hydrogens is 318 g/mol. The van der Waals surface area contributed by atoms with Gasteiger partial charge in [-0.3, -0.25) is 9.89 Å². The number of hydrogen-bond donors (Lipinski definition) is 2.